The zero-order valence-electron chi connectivity index (χ0n) is 14.6. The van der Waals surface area contributed by atoms with Crippen LogP contribution >= 0.6 is 0 Å². The summed E-state index contributed by atoms with van der Waals surface area (Å²) >= 11 is 0. The number of nitrogens with zero attached hydrogens (tertiary/aromatic N) is 2. The molecule has 1 aliphatic heterocycles. The van der Waals surface area contributed by atoms with Crippen LogP contribution in [0.15, 0.2) is 64.6 Å². The molecule has 0 aliphatic carbocycles. The van der Waals surface area contributed by atoms with Gasteiger partial charge in [0.1, 0.15) is 0 Å². The monoisotopic (exact) mass is 371 g/mol. The number of benzene rings is 2. The van der Waals surface area contributed by atoms with E-state index in [0.29, 0.717) is 18.7 Å². The topological polar surface area (TPSA) is 78.8 Å². The van der Waals surface area contributed by atoms with E-state index in [1.165, 1.54) is 12.1 Å². The number of aryl methyl sites for hydroxylation is 1. The minimum absolute atomic E-state index is 0.100. The summed E-state index contributed by atoms with van der Waals surface area (Å²) in [7, 11) is -3.85. The number of hydrazone groups is 1. The average Bonchev–Trinajstić information content (AvgIpc) is 3.17. The number of amides is 1. The number of carbonyl (C=O) groups excluding carboxylic acids is 1. The fraction of sp³-hybridized carbons (Fsp3) is 0.263. The van der Waals surface area contributed by atoms with E-state index in [1.54, 1.807) is 41.3 Å². The van der Waals surface area contributed by atoms with Crippen molar-refractivity contribution in [1.29, 1.82) is 0 Å². The van der Waals surface area contributed by atoms with E-state index in [1.807, 2.05) is 13.0 Å². The molecule has 1 amide bonds. The predicted octanol–water partition coefficient (Wildman–Crippen LogP) is 2.30. The summed E-state index contributed by atoms with van der Waals surface area (Å²) in [4.78, 5) is 16.8. The molecule has 0 spiro atoms. The summed E-state index contributed by atoms with van der Waals surface area (Å²) in [5, 5.41) is 4.00. The third-order valence-electron chi connectivity index (χ3n) is 4.25. The van der Waals surface area contributed by atoms with Gasteiger partial charge in [0.05, 0.1) is 4.90 Å². The molecule has 0 unspecified atom stereocenters. The van der Waals surface area contributed by atoms with Crippen LogP contribution in [0.1, 0.15) is 24.0 Å². The van der Waals surface area contributed by atoms with Crippen LogP contribution in [0.25, 0.3) is 0 Å². The van der Waals surface area contributed by atoms with Crippen molar-refractivity contribution < 1.29 is 13.2 Å². The van der Waals surface area contributed by atoms with Gasteiger partial charge in [-0.3, -0.25) is 4.79 Å². The third-order valence-corrected chi connectivity index (χ3v) is 5.48. The minimum atomic E-state index is -3.85. The molecular weight excluding hydrogens is 350 g/mol. The summed E-state index contributed by atoms with van der Waals surface area (Å²) < 4.78 is 25.0. The smallest absolute Gasteiger partial charge is 0.276 e. The Kier molecular flexibility index (Phi) is 5.37. The van der Waals surface area contributed by atoms with Gasteiger partial charge in [-0.25, -0.2) is 0 Å². The molecule has 1 fully saturated rings. The lowest BCUT2D eigenvalue weighted by Gasteiger charge is -2.17. The van der Waals surface area contributed by atoms with Crippen molar-refractivity contribution in [3.63, 3.8) is 0 Å². The zero-order chi connectivity index (χ0) is 18.6. The molecule has 0 saturated carbocycles. The summed E-state index contributed by atoms with van der Waals surface area (Å²) in [5.41, 5.74) is 1.64. The summed E-state index contributed by atoms with van der Waals surface area (Å²) in [6, 6.07) is 15.3. The standard InChI is InChI=1S/C19H21N3O3S/c1-15-9-11-17(12-10-15)26(24,25)21-20-18(16-7-3-2-4-8-16)19(23)22-13-5-6-14-22/h2-4,7-12,21H,5-6,13-14H2,1H3/b20-18+. The molecule has 2 aromatic rings. The second-order valence-corrected chi connectivity index (χ2v) is 7.89. The zero-order valence-corrected chi connectivity index (χ0v) is 15.4. The molecule has 1 aliphatic rings. The van der Waals surface area contributed by atoms with Gasteiger partial charge in [0.25, 0.3) is 15.9 Å². The first-order valence-electron chi connectivity index (χ1n) is 8.48. The Labute approximate surface area is 153 Å². The van der Waals surface area contributed by atoms with Crippen LogP contribution in [0.3, 0.4) is 0 Å². The van der Waals surface area contributed by atoms with Gasteiger partial charge in [0.15, 0.2) is 5.71 Å². The van der Waals surface area contributed by atoms with Crippen molar-refractivity contribution in [3.05, 3.63) is 65.7 Å². The fourth-order valence-electron chi connectivity index (χ4n) is 2.78. The normalized spacial score (nSPS) is 15.1. The highest BCUT2D eigenvalue weighted by Gasteiger charge is 2.25. The third kappa shape index (κ3) is 4.11. The molecular formula is C19H21N3O3S. The van der Waals surface area contributed by atoms with E-state index in [2.05, 4.69) is 9.93 Å². The molecule has 1 heterocycles. The largest absolute Gasteiger partial charge is 0.337 e. The van der Waals surface area contributed by atoms with E-state index in [-0.39, 0.29) is 16.5 Å². The van der Waals surface area contributed by atoms with E-state index in [4.69, 9.17) is 0 Å². The predicted molar refractivity (Wildman–Crippen MR) is 100 cm³/mol. The van der Waals surface area contributed by atoms with Crippen LogP contribution < -0.4 is 4.83 Å². The Bertz CT molecular complexity index is 901. The Morgan fingerprint density at radius 2 is 1.62 bits per heavy atom. The summed E-state index contributed by atoms with van der Waals surface area (Å²) in [6.45, 7) is 3.20. The highest BCUT2D eigenvalue weighted by atomic mass is 32.2. The molecule has 0 bridgehead atoms. The molecule has 7 heteroatoms. The highest BCUT2D eigenvalue weighted by Crippen LogP contribution is 2.13. The van der Waals surface area contributed by atoms with Crippen LogP contribution in [-0.2, 0) is 14.8 Å². The number of likely N-dealkylation sites (tertiary alicyclic amines) is 1. The minimum Gasteiger partial charge on any atom is -0.337 e. The van der Waals surface area contributed by atoms with E-state index in [9.17, 15) is 13.2 Å². The average molecular weight is 371 g/mol. The van der Waals surface area contributed by atoms with Crippen LogP contribution in [0.5, 0.6) is 0 Å². The molecule has 2 aromatic carbocycles. The van der Waals surface area contributed by atoms with Gasteiger partial charge in [0, 0.05) is 18.7 Å². The summed E-state index contributed by atoms with van der Waals surface area (Å²) in [5.74, 6) is -0.264. The lowest BCUT2D eigenvalue weighted by molar-refractivity contribution is -0.123. The van der Waals surface area contributed by atoms with Gasteiger partial charge < -0.3 is 4.90 Å². The number of hydrogen-bond donors (Lipinski definition) is 1. The van der Waals surface area contributed by atoms with E-state index in [0.717, 1.165) is 18.4 Å². The lowest BCUT2D eigenvalue weighted by atomic mass is 10.1. The Balaban J connectivity index is 1.91. The van der Waals surface area contributed by atoms with Gasteiger partial charge >= 0.3 is 0 Å². The molecule has 1 N–H and O–H groups in total. The second-order valence-electron chi connectivity index (χ2n) is 6.23. The SMILES string of the molecule is Cc1ccc(S(=O)(=O)N/N=C(/C(=O)N2CCCC2)c2ccccc2)cc1. The maximum atomic E-state index is 12.8. The molecule has 26 heavy (non-hydrogen) atoms. The number of hydrogen-bond acceptors (Lipinski definition) is 4. The van der Waals surface area contributed by atoms with Crippen LogP contribution in [-0.4, -0.2) is 38.0 Å². The maximum absolute atomic E-state index is 12.8. The van der Waals surface area contributed by atoms with Crippen molar-refractivity contribution in [1.82, 2.24) is 9.73 Å². The van der Waals surface area contributed by atoms with Gasteiger partial charge in [-0.1, -0.05) is 48.0 Å². The van der Waals surface area contributed by atoms with Crippen LogP contribution in [0.4, 0.5) is 0 Å². The Hall–Kier alpha value is -2.67. The number of carbonyl (C=O) groups is 1. The first-order chi connectivity index (χ1) is 12.5. The molecule has 136 valence electrons. The van der Waals surface area contributed by atoms with Gasteiger partial charge in [0.2, 0.25) is 0 Å². The molecule has 1 saturated heterocycles. The molecule has 0 atom stereocenters. The van der Waals surface area contributed by atoms with E-state index < -0.39 is 10.0 Å². The van der Waals surface area contributed by atoms with Crippen molar-refractivity contribution in [2.75, 3.05) is 13.1 Å². The highest BCUT2D eigenvalue weighted by molar-refractivity contribution is 7.89. The molecule has 6 nitrogen and oxygen atoms in total. The van der Waals surface area contributed by atoms with Gasteiger partial charge in [-0.15, -0.1) is 0 Å². The Morgan fingerprint density at radius 3 is 2.23 bits per heavy atom. The van der Waals surface area contributed by atoms with Crippen LogP contribution in [0.2, 0.25) is 0 Å². The number of sulfonamides is 1. The number of rotatable bonds is 5. The lowest BCUT2D eigenvalue weighted by Crippen LogP contribution is -2.36. The first-order valence-corrected chi connectivity index (χ1v) is 9.96. The van der Waals surface area contributed by atoms with Gasteiger partial charge in [-0.05, 0) is 31.9 Å². The van der Waals surface area contributed by atoms with Gasteiger partial charge in [-0.2, -0.15) is 18.4 Å². The van der Waals surface area contributed by atoms with Crippen molar-refractivity contribution >= 4 is 21.6 Å². The van der Waals surface area contributed by atoms with Crippen LogP contribution in [0, 0.1) is 6.92 Å². The van der Waals surface area contributed by atoms with E-state index >= 15 is 0 Å². The molecule has 3 rings (SSSR count). The Morgan fingerprint density at radius 1 is 1.00 bits per heavy atom. The number of nitrogens with one attached hydrogen (secondary N) is 1. The van der Waals surface area contributed by atoms with Crippen molar-refractivity contribution in [2.45, 2.75) is 24.7 Å². The van der Waals surface area contributed by atoms with Crippen molar-refractivity contribution in [2.24, 2.45) is 5.10 Å². The fourth-order valence-corrected chi connectivity index (χ4v) is 3.59. The molecule has 0 aromatic heterocycles. The molecule has 0 radical (unpaired) electrons. The quantitative estimate of drug-likeness (QED) is 0.647. The summed E-state index contributed by atoms with van der Waals surface area (Å²) in [6.07, 6.45) is 1.89. The van der Waals surface area contributed by atoms with Crippen molar-refractivity contribution in [3.8, 4) is 0 Å². The first kappa shape index (κ1) is 18.1. The second kappa shape index (κ2) is 7.70. The maximum Gasteiger partial charge on any atom is 0.276 e.